The molecule has 150 valence electrons. The first kappa shape index (κ1) is 20.7. The number of aromatic nitrogens is 2. The molecule has 0 unspecified atom stereocenters. The molecule has 3 aromatic rings. The molecule has 0 saturated heterocycles. The highest BCUT2D eigenvalue weighted by Crippen LogP contribution is 2.33. The summed E-state index contributed by atoms with van der Waals surface area (Å²) in [6.07, 6.45) is 1.91. The van der Waals surface area contributed by atoms with Gasteiger partial charge in [-0.15, -0.1) is 0 Å². The second-order valence-corrected chi connectivity index (χ2v) is 9.10. The smallest absolute Gasteiger partial charge is 0.200 e. The van der Waals surface area contributed by atoms with Gasteiger partial charge in [-0.1, -0.05) is 43.2 Å². The molecule has 0 spiro atoms. The third-order valence-electron chi connectivity index (χ3n) is 4.81. The first-order valence-corrected chi connectivity index (χ1v) is 11.1. The molecule has 0 aliphatic carbocycles. The van der Waals surface area contributed by atoms with Crippen LogP contribution in [0.2, 0.25) is 0 Å². The summed E-state index contributed by atoms with van der Waals surface area (Å²) in [5.41, 5.74) is 2.35. The van der Waals surface area contributed by atoms with E-state index in [1.54, 1.807) is 18.2 Å². The molecule has 2 aromatic carbocycles. The van der Waals surface area contributed by atoms with Gasteiger partial charge in [-0.3, -0.25) is 0 Å². The Morgan fingerprint density at radius 3 is 2.28 bits per heavy atom. The Kier molecular flexibility index (Phi) is 6.14. The fourth-order valence-electron chi connectivity index (χ4n) is 3.10. The summed E-state index contributed by atoms with van der Waals surface area (Å²) in [7, 11) is -2.10. The van der Waals surface area contributed by atoms with Crippen molar-refractivity contribution < 1.29 is 8.42 Å². The van der Waals surface area contributed by atoms with Gasteiger partial charge in [-0.2, -0.15) is 5.26 Å². The van der Waals surface area contributed by atoms with E-state index in [0.29, 0.717) is 23.4 Å². The van der Waals surface area contributed by atoms with Gasteiger partial charge >= 0.3 is 0 Å². The summed E-state index contributed by atoms with van der Waals surface area (Å²) in [6, 6.07) is 15.8. The summed E-state index contributed by atoms with van der Waals surface area (Å²) in [5.74, 6) is 0.430. The molecule has 0 saturated carbocycles. The van der Waals surface area contributed by atoms with E-state index in [4.69, 9.17) is 0 Å². The van der Waals surface area contributed by atoms with Crippen LogP contribution in [0.5, 0.6) is 0 Å². The molecular formula is C22H24N4O2S. The number of aryl methyl sites for hydroxylation is 1. The lowest BCUT2D eigenvalue weighted by Crippen LogP contribution is -2.24. The van der Waals surface area contributed by atoms with E-state index in [1.165, 1.54) is 12.1 Å². The Hall–Kier alpha value is -2.98. The van der Waals surface area contributed by atoms with E-state index in [2.05, 4.69) is 16.9 Å². The van der Waals surface area contributed by atoms with Crippen molar-refractivity contribution in [3.8, 4) is 6.07 Å². The number of rotatable bonds is 7. The Morgan fingerprint density at radius 1 is 1.07 bits per heavy atom. The van der Waals surface area contributed by atoms with Crippen LogP contribution < -0.4 is 4.90 Å². The minimum Gasteiger partial charge on any atom is -0.358 e. The van der Waals surface area contributed by atoms with Crippen LogP contribution in [0.15, 0.2) is 53.4 Å². The maximum Gasteiger partial charge on any atom is 0.200 e. The van der Waals surface area contributed by atoms with E-state index in [1.807, 2.05) is 43.1 Å². The molecule has 0 aliphatic rings. The van der Waals surface area contributed by atoms with Gasteiger partial charge in [0.25, 0.3) is 0 Å². The molecule has 0 aliphatic heterocycles. The zero-order valence-electron chi connectivity index (χ0n) is 16.8. The van der Waals surface area contributed by atoms with Crippen molar-refractivity contribution >= 4 is 26.7 Å². The van der Waals surface area contributed by atoms with Crippen LogP contribution in [0.1, 0.15) is 36.3 Å². The number of fused-ring (bicyclic) bond motifs is 1. The predicted molar refractivity (Wildman–Crippen MR) is 114 cm³/mol. The van der Waals surface area contributed by atoms with Crippen LogP contribution in [-0.4, -0.2) is 32.0 Å². The lowest BCUT2D eigenvalue weighted by Gasteiger charge is -2.23. The van der Waals surface area contributed by atoms with E-state index >= 15 is 0 Å². The van der Waals surface area contributed by atoms with Gasteiger partial charge < -0.3 is 4.90 Å². The molecule has 0 amide bonds. The van der Waals surface area contributed by atoms with Gasteiger partial charge in [-0.25, -0.2) is 18.4 Å². The van der Waals surface area contributed by atoms with E-state index in [-0.39, 0.29) is 10.6 Å². The van der Waals surface area contributed by atoms with Gasteiger partial charge in [0.2, 0.25) is 9.84 Å². The van der Waals surface area contributed by atoms with Crippen molar-refractivity contribution in [1.29, 1.82) is 5.26 Å². The van der Waals surface area contributed by atoms with E-state index in [0.717, 1.165) is 18.4 Å². The molecule has 6 nitrogen and oxygen atoms in total. The van der Waals surface area contributed by atoms with Crippen molar-refractivity contribution in [3.63, 3.8) is 0 Å². The second kappa shape index (κ2) is 8.58. The summed E-state index contributed by atoms with van der Waals surface area (Å²) in [4.78, 5) is 11.2. The quantitative estimate of drug-likeness (QED) is 0.582. The SMILES string of the molecule is CCCCN(C)c1nc2ccccc2nc1[C@H](C#N)S(=O)(=O)c1ccc(C)cc1. The highest BCUT2D eigenvalue weighted by molar-refractivity contribution is 7.92. The number of para-hydroxylation sites is 2. The Labute approximate surface area is 171 Å². The fraction of sp³-hybridized carbons (Fsp3) is 0.318. The molecule has 29 heavy (non-hydrogen) atoms. The van der Waals surface area contributed by atoms with Gasteiger partial charge in [0.15, 0.2) is 11.1 Å². The van der Waals surface area contributed by atoms with Crippen molar-refractivity contribution in [1.82, 2.24) is 9.97 Å². The Morgan fingerprint density at radius 2 is 1.69 bits per heavy atom. The monoisotopic (exact) mass is 408 g/mol. The third kappa shape index (κ3) is 4.22. The fourth-order valence-corrected chi connectivity index (χ4v) is 4.48. The van der Waals surface area contributed by atoms with E-state index < -0.39 is 15.1 Å². The lowest BCUT2D eigenvalue weighted by atomic mass is 10.2. The zero-order valence-corrected chi connectivity index (χ0v) is 17.6. The van der Waals surface area contributed by atoms with Crippen LogP contribution in [-0.2, 0) is 9.84 Å². The van der Waals surface area contributed by atoms with Crippen molar-refractivity contribution in [3.05, 3.63) is 59.8 Å². The lowest BCUT2D eigenvalue weighted by molar-refractivity contribution is 0.590. The molecule has 1 atom stereocenters. The predicted octanol–water partition coefficient (Wildman–Crippen LogP) is 4.21. The van der Waals surface area contributed by atoms with E-state index in [9.17, 15) is 13.7 Å². The first-order chi connectivity index (χ1) is 13.9. The molecule has 1 heterocycles. The van der Waals surface area contributed by atoms with Crippen LogP contribution in [0.3, 0.4) is 0 Å². The maximum absolute atomic E-state index is 13.3. The summed E-state index contributed by atoms with van der Waals surface area (Å²) >= 11 is 0. The number of sulfone groups is 1. The Balaban J connectivity index is 2.19. The van der Waals surface area contributed by atoms with Gasteiger partial charge in [-0.05, 0) is 37.6 Å². The van der Waals surface area contributed by atoms with Crippen LogP contribution in [0.25, 0.3) is 11.0 Å². The summed E-state index contributed by atoms with van der Waals surface area (Å²) < 4.78 is 26.6. The van der Waals surface area contributed by atoms with Crippen molar-refractivity contribution in [2.45, 2.75) is 36.8 Å². The molecular weight excluding hydrogens is 384 g/mol. The Bertz CT molecular complexity index is 1150. The highest BCUT2D eigenvalue weighted by atomic mass is 32.2. The number of hydrogen-bond acceptors (Lipinski definition) is 6. The number of anilines is 1. The number of hydrogen-bond donors (Lipinski definition) is 0. The number of unbranched alkanes of at least 4 members (excludes halogenated alkanes) is 1. The van der Waals surface area contributed by atoms with Crippen LogP contribution in [0, 0.1) is 18.3 Å². The normalized spacial score (nSPS) is 12.5. The molecule has 3 rings (SSSR count). The third-order valence-corrected chi connectivity index (χ3v) is 6.69. The van der Waals surface area contributed by atoms with Crippen LogP contribution >= 0.6 is 0 Å². The average molecular weight is 409 g/mol. The summed E-state index contributed by atoms with van der Waals surface area (Å²) in [6.45, 7) is 4.66. The first-order valence-electron chi connectivity index (χ1n) is 9.56. The minimum absolute atomic E-state index is 0.103. The molecule has 1 aromatic heterocycles. The number of nitriles is 1. The standard InChI is InChI=1S/C22H24N4O2S/c1-4-5-14-26(3)22-21(24-18-8-6-7-9-19(18)25-22)20(15-23)29(27,28)17-12-10-16(2)11-13-17/h6-13,20H,4-5,14H2,1-3H3/t20-/m0/s1. The van der Waals surface area contributed by atoms with Gasteiger partial charge in [0.05, 0.1) is 22.0 Å². The maximum atomic E-state index is 13.3. The average Bonchev–Trinajstić information content (AvgIpc) is 2.72. The minimum atomic E-state index is -3.96. The number of nitrogens with zero attached hydrogens (tertiary/aromatic N) is 4. The van der Waals surface area contributed by atoms with Gasteiger partial charge in [0.1, 0.15) is 5.69 Å². The number of benzene rings is 2. The van der Waals surface area contributed by atoms with Crippen molar-refractivity contribution in [2.75, 3.05) is 18.5 Å². The summed E-state index contributed by atoms with van der Waals surface area (Å²) in [5, 5.41) is 8.43. The zero-order chi connectivity index (χ0) is 21.0. The highest BCUT2D eigenvalue weighted by Gasteiger charge is 2.34. The molecule has 0 radical (unpaired) electrons. The second-order valence-electron chi connectivity index (χ2n) is 7.06. The molecule has 7 heteroatoms. The molecule has 0 fully saturated rings. The largest absolute Gasteiger partial charge is 0.358 e. The van der Waals surface area contributed by atoms with Crippen molar-refractivity contribution in [2.24, 2.45) is 0 Å². The molecule has 0 N–H and O–H groups in total. The van der Waals surface area contributed by atoms with Gasteiger partial charge in [0, 0.05) is 13.6 Å². The van der Waals surface area contributed by atoms with Crippen LogP contribution in [0.4, 0.5) is 5.82 Å². The topological polar surface area (TPSA) is 86.9 Å². The molecule has 0 bridgehead atoms.